The SMILES string of the molecule is CC(C)(C)C1=C[C+](C(C)(C)C)C=C1C(F)(F)C(F)(F)C(F)(F)F. The summed E-state index contributed by atoms with van der Waals surface area (Å²) in [5, 5.41) is 0. The van der Waals surface area contributed by atoms with Crippen LogP contribution in [-0.2, 0) is 0 Å². The molecule has 1 rings (SSSR count). The van der Waals surface area contributed by atoms with Crippen molar-refractivity contribution in [2.24, 2.45) is 10.8 Å². The summed E-state index contributed by atoms with van der Waals surface area (Å²) in [7, 11) is 0. The van der Waals surface area contributed by atoms with Gasteiger partial charge < -0.3 is 0 Å². The minimum absolute atomic E-state index is 0.212. The van der Waals surface area contributed by atoms with Crippen molar-refractivity contribution in [3.8, 4) is 0 Å². The lowest BCUT2D eigenvalue weighted by molar-refractivity contribution is -0.344. The Hall–Kier alpha value is -1.14. The number of alkyl halides is 7. The second-order valence-electron chi connectivity index (χ2n) is 7.72. The van der Waals surface area contributed by atoms with E-state index in [0.29, 0.717) is 0 Å². The van der Waals surface area contributed by atoms with E-state index in [0.717, 1.165) is 6.08 Å². The molecule has 0 N–H and O–H groups in total. The molecule has 0 spiro atoms. The smallest absolute Gasteiger partial charge is 0.187 e. The Balaban J connectivity index is 3.52. The highest BCUT2D eigenvalue weighted by Crippen LogP contribution is 2.56. The third-order valence-corrected chi connectivity index (χ3v) is 3.65. The largest absolute Gasteiger partial charge is 0.461 e. The second kappa shape index (κ2) is 5.18. The summed E-state index contributed by atoms with van der Waals surface area (Å²) in [5.74, 6) is -11.2. The molecule has 0 saturated heterocycles. The van der Waals surface area contributed by atoms with E-state index >= 15 is 0 Å². The Kier molecular flexibility index (Phi) is 4.48. The Morgan fingerprint density at radius 2 is 1.09 bits per heavy atom. The predicted octanol–water partition coefficient (Wildman–Crippen LogP) is 6.35. The number of halogens is 7. The molecule has 0 aliphatic heterocycles. The van der Waals surface area contributed by atoms with Crippen LogP contribution in [0, 0.1) is 16.7 Å². The van der Waals surface area contributed by atoms with Crippen LogP contribution < -0.4 is 0 Å². The zero-order chi connectivity index (χ0) is 18.6. The van der Waals surface area contributed by atoms with E-state index in [4.69, 9.17) is 0 Å². The van der Waals surface area contributed by atoms with Crippen molar-refractivity contribution in [2.75, 3.05) is 0 Å². The Morgan fingerprint density at radius 3 is 1.39 bits per heavy atom. The van der Waals surface area contributed by atoms with Gasteiger partial charge in [0.15, 0.2) is 5.57 Å². The van der Waals surface area contributed by atoms with Crippen LogP contribution in [0.25, 0.3) is 0 Å². The van der Waals surface area contributed by atoms with Gasteiger partial charge in [-0.05, 0) is 41.5 Å². The molecule has 0 atom stereocenters. The first-order valence-electron chi connectivity index (χ1n) is 6.98. The van der Waals surface area contributed by atoms with Gasteiger partial charge in [0.2, 0.25) is 0 Å². The molecule has 0 aromatic rings. The van der Waals surface area contributed by atoms with Crippen molar-refractivity contribution in [1.29, 1.82) is 0 Å². The maximum atomic E-state index is 14.2. The Labute approximate surface area is 131 Å². The molecule has 0 amide bonds. The number of allylic oxidation sites excluding steroid dienone is 4. The van der Waals surface area contributed by atoms with Crippen LogP contribution in [0.1, 0.15) is 41.5 Å². The van der Waals surface area contributed by atoms with Gasteiger partial charge in [-0.25, -0.2) is 0 Å². The molecule has 0 heterocycles. The van der Waals surface area contributed by atoms with Crippen molar-refractivity contribution in [3.05, 3.63) is 29.2 Å². The van der Waals surface area contributed by atoms with E-state index < -0.39 is 34.4 Å². The fourth-order valence-corrected chi connectivity index (χ4v) is 2.17. The van der Waals surface area contributed by atoms with Crippen molar-refractivity contribution in [1.82, 2.24) is 0 Å². The first kappa shape index (κ1) is 19.9. The molecule has 1 aliphatic rings. The second-order valence-corrected chi connectivity index (χ2v) is 7.72. The normalized spacial score (nSPS) is 18.2. The standard InChI is InChI=1S/C16H20F7/c1-12(2,3)9-7-10(13(4,5)6)11(8-9)14(17,18)15(19,20)16(21,22)23/h7-8H,1-6H3/q+1. The van der Waals surface area contributed by atoms with Crippen LogP contribution in [0.4, 0.5) is 30.7 Å². The third-order valence-electron chi connectivity index (χ3n) is 3.65. The molecule has 0 saturated carbocycles. The first-order valence-corrected chi connectivity index (χ1v) is 6.98. The lowest BCUT2D eigenvalue weighted by Gasteiger charge is -2.28. The van der Waals surface area contributed by atoms with E-state index in [9.17, 15) is 30.7 Å². The van der Waals surface area contributed by atoms with Crippen molar-refractivity contribution in [2.45, 2.75) is 59.6 Å². The van der Waals surface area contributed by atoms with Gasteiger partial charge in [-0.15, -0.1) is 0 Å². The molecule has 7 heteroatoms. The van der Waals surface area contributed by atoms with Gasteiger partial charge in [-0.2, -0.15) is 30.7 Å². The van der Waals surface area contributed by atoms with Gasteiger partial charge in [-0.3, -0.25) is 0 Å². The van der Waals surface area contributed by atoms with Crippen LogP contribution >= 0.6 is 0 Å². The summed E-state index contributed by atoms with van der Waals surface area (Å²) in [6, 6.07) is 0. The summed E-state index contributed by atoms with van der Waals surface area (Å²) in [4.78, 5) is 0. The van der Waals surface area contributed by atoms with Gasteiger partial charge in [0.1, 0.15) is 5.57 Å². The Morgan fingerprint density at radius 1 is 0.696 bits per heavy atom. The maximum Gasteiger partial charge on any atom is 0.461 e. The highest BCUT2D eigenvalue weighted by Gasteiger charge is 2.78. The van der Waals surface area contributed by atoms with Crippen LogP contribution in [0.3, 0.4) is 0 Å². The molecule has 0 nitrogen and oxygen atoms in total. The van der Waals surface area contributed by atoms with Crippen LogP contribution in [0.15, 0.2) is 23.3 Å². The van der Waals surface area contributed by atoms with E-state index in [-0.39, 0.29) is 11.5 Å². The molecule has 23 heavy (non-hydrogen) atoms. The van der Waals surface area contributed by atoms with Gasteiger partial charge >= 0.3 is 18.0 Å². The highest BCUT2D eigenvalue weighted by molar-refractivity contribution is 5.56. The summed E-state index contributed by atoms with van der Waals surface area (Å²) >= 11 is 0. The molecule has 0 bridgehead atoms. The lowest BCUT2D eigenvalue weighted by atomic mass is 9.79. The lowest BCUT2D eigenvalue weighted by Crippen LogP contribution is -2.53. The fraction of sp³-hybridized carbons (Fsp3) is 0.688. The summed E-state index contributed by atoms with van der Waals surface area (Å²) in [5.41, 5.74) is -3.15. The number of rotatable bonds is 2. The Bertz CT molecular complexity index is 522. The molecule has 0 aromatic heterocycles. The minimum atomic E-state index is -6.34. The van der Waals surface area contributed by atoms with Crippen LogP contribution in [0.5, 0.6) is 0 Å². The summed E-state index contributed by atoms with van der Waals surface area (Å²) in [6.45, 7) is 9.45. The zero-order valence-corrected chi connectivity index (χ0v) is 13.8. The average Bonchev–Trinajstić information content (AvgIpc) is 2.70. The van der Waals surface area contributed by atoms with Crippen LogP contribution in [-0.4, -0.2) is 18.0 Å². The van der Waals surface area contributed by atoms with Crippen molar-refractivity contribution < 1.29 is 30.7 Å². The first-order chi connectivity index (χ1) is 9.83. The van der Waals surface area contributed by atoms with E-state index in [1.165, 1.54) is 26.8 Å². The summed E-state index contributed by atoms with van der Waals surface area (Å²) < 4.78 is 92.5. The van der Waals surface area contributed by atoms with Gasteiger partial charge in [0.05, 0.1) is 18.1 Å². The quantitative estimate of drug-likeness (QED) is 0.404. The molecular weight excluding hydrogens is 325 g/mol. The molecule has 0 fully saturated rings. The zero-order valence-electron chi connectivity index (χ0n) is 13.8. The third kappa shape index (κ3) is 3.38. The predicted molar refractivity (Wildman–Crippen MR) is 74.3 cm³/mol. The van der Waals surface area contributed by atoms with Gasteiger partial charge in [0.25, 0.3) is 0 Å². The minimum Gasteiger partial charge on any atom is -0.187 e. The molecule has 0 radical (unpaired) electrons. The van der Waals surface area contributed by atoms with Crippen molar-refractivity contribution >= 4 is 0 Å². The van der Waals surface area contributed by atoms with Crippen LogP contribution in [0.2, 0.25) is 0 Å². The topological polar surface area (TPSA) is 0 Å². The van der Waals surface area contributed by atoms with E-state index in [1.807, 2.05) is 0 Å². The van der Waals surface area contributed by atoms with Gasteiger partial charge in [-0.1, -0.05) is 0 Å². The monoisotopic (exact) mass is 345 g/mol. The molecule has 0 aromatic carbocycles. The van der Waals surface area contributed by atoms with Crippen molar-refractivity contribution in [3.63, 3.8) is 0 Å². The summed E-state index contributed by atoms with van der Waals surface area (Å²) in [6.07, 6.45) is -4.29. The van der Waals surface area contributed by atoms with E-state index in [2.05, 4.69) is 0 Å². The molecule has 1 aliphatic carbocycles. The number of hydrogen-bond acceptors (Lipinski definition) is 0. The molecule has 0 unspecified atom stereocenters. The number of hydrogen-bond donors (Lipinski definition) is 0. The maximum absolute atomic E-state index is 14.2. The fourth-order valence-electron chi connectivity index (χ4n) is 2.17. The van der Waals surface area contributed by atoms with E-state index in [1.54, 1.807) is 20.8 Å². The van der Waals surface area contributed by atoms with Gasteiger partial charge in [0, 0.05) is 10.8 Å². The molecule has 132 valence electrons. The molecular formula is C16H20F7+. The highest BCUT2D eigenvalue weighted by atomic mass is 19.4. The average molecular weight is 345 g/mol.